The average Bonchev–Trinajstić information content (AvgIpc) is 2.88. The molecule has 0 bridgehead atoms. The van der Waals surface area contributed by atoms with Crippen molar-refractivity contribution < 1.29 is 19.1 Å². The van der Waals surface area contributed by atoms with E-state index in [-0.39, 0.29) is 12.4 Å². The van der Waals surface area contributed by atoms with Crippen LogP contribution in [0.25, 0.3) is 22.2 Å². The number of carbonyl (C=O) groups excluding carboxylic acids is 2. The van der Waals surface area contributed by atoms with Crippen LogP contribution < -0.4 is 15.4 Å². The topological polar surface area (TPSA) is 128 Å². The summed E-state index contributed by atoms with van der Waals surface area (Å²) in [6.07, 6.45) is 6.69. The van der Waals surface area contributed by atoms with E-state index in [4.69, 9.17) is 21.1 Å². The van der Waals surface area contributed by atoms with E-state index in [1.807, 2.05) is 12.1 Å². The Balaban J connectivity index is 1.56. The van der Waals surface area contributed by atoms with Crippen LogP contribution in [0.3, 0.4) is 0 Å². The molecule has 1 amide bonds. The third-order valence-electron chi connectivity index (χ3n) is 4.91. The van der Waals surface area contributed by atoms with E-state index in [1.54, 1.807) is 44.5 Å². The minimum atomic E-state index is -0.606. The molecule has 182 valence electrons. The van der Waals surface area contributed by atoms with Crippen molar-refractivity contribution in [2.45, 2.75) is 6.92 Å². The van der Waals surface area contributed by atoms with E-state index in [9.17, 15) is 9.59 Å². The molecule has 0 saturated carbocycles. The normalized spacial score (nSPS) is 10.9. The van der Waals surface area contributed by atoms with Crippen LogP contribution in [0.15, 0.2) is 67.3 Å². The molecule has 36 heavy (non-hydrogen) atoms. The Hall–Kier alpha value is -4.57. The van der Waals surface area contributed by atoms with E-state index in [0.29, 0.717) is 38.9 Å². The Bertz CT molecular complexity index is 1460. The fourth-order valence-corrected chi connectivity index (χ4v) is 3.53. The molecule has 1 aromatic carbocycles. The second kappa shape index (κ2) is 11.2. The van der Waals surface area contributed by atoms with Gasteiger partial charge in [-0.15, -0.1) is 0 Å². The van der Waals surface area contributed by atoms with Gasteiger partial charge in [0.15, 0.2) is 0 Å². The Kier molecular flexibility index (Phi) is 7.66. The van der Waals surface area contributed by atoms with E-state index in [2.05, 4.69) is 30.6 Å². The Labute approximate surface area is 211 Å². The van der Waals surface area contributed by atoms with Gasteiger partial charge in [-0.3, -0.25) is 9.78 Å². The van der Waals surface area contributed by atoms with Crippen molar-refractivity contribution in [2.24, 2.45) is 0 Å². The molecule has 4 aromatic rings. The van der Waals surface area contributed by atoms with Crippen LogP contribution in [0.1, 0.15) is 6.92 Å². The number of anilines is 3. The number of amides is 1. The van der Waals surface area contributed by atoms with Crippen LogP contribution in [-0.2, 0) is 14.3 Å². The third-order valence-corrected chi connectivity index (χ3v) is 5.22. The zero-order valence-corrected chi connectivity index (χ0v) is 20.1. The molecule has 0 aliphatic rings. The smallest absolute Gasteiger partial charge is 0.330 e. The summed E-state index contributed by atoms with van der Waals surface area (Å²) in [4.78, 5) is 40.6. The summed E-state index contributed by atoms with van der Waals surface area (Å²) in [6.45, 7) is 1.90. The van der Waals surface area contributed by atoms with Crippen LogP contribution in [0, 0.1) is 0 Å². The predicted molar refractivity (Wildman–Crippen MR) is 136 cm³/mol. The van der Waals surface area contributed by atoms with Crippen LogP contribution in [0.2, 0.25) is 5.02 Å². The molecule has 0 saturated heterocycles. The molecule has 3 heterocycles. The highest BCUT2D eigenvalue weighted by molar-refractivity contribution is 6.33. The van der Waals surface area contributed by atoms with E-state index >= 15 is 0 Å². The van der Waals surface area contributed by atoms with E-state index in [0.717, 1.165) is 17.7 Å². The minimum Gasteiger partial charge on any atom is -0.497 e. The molecule has 3 aromatic heterocycles. The van der Waals surface area contributed by atoms with Gasteiger partial charge in [-0.2, -0.15) is 0 Å². The Morgan fingerprint density at radius 2 is 1.92 bits per heavy atom. The van der Waals surface area contributed by atoms with Crippen LogP contribution >= 0.6 is 11.6 Å². The highest BCUT2D eigenvalue weighted by Gasteiger charge is 2.11. The molecule has 0 atom stereocenters. The molecule has 0 unspecified atom stereocenters. The van der Waals surface area contributed by atoms with Crippen molar-refractivity contribution in [2.75, 3.05) is 24.4 Å². The lowest BCUT2D eigenvalue weighted by Gasteiger charge is -2.11. The summed E-state index contributed by atoms with van der Waals surface area (Å²) in [5.74, 6) is 0.291. The third kappa shape index (κ3) is 5.91. The van der Waals surface area contributed by atoms with Crippen molar-refractivity contribution in [3.8, 4) is 17.0 Å². The first-order valence-electron chi connectivity index (χ1n) is 10.8. The maximum Gasteiger partial charge on any atom is 0.330 e. The number of pyridine rings is 2. The summed E-state index contributed by atoms with van der Waals surface area (Å²) in [7, 11) is 1.59. The van der Waals surface area contributed by atoms with Gasteiger partial charge in [-0.25, -0.2) is 19.7 Å². The van der Waals surface area contributed by atoms with Gasteiger partial charge in [0.25, 0.3) is 0 Å². The number of aromatic nitrogens is 4. The van der Waals surface area contributed by atoms with Crippen LogP contribution in [0.5, 0.6) is 5.75 Å². The van der Waals surface area contributed by atoms with Crippen molar-refractivity contribution in [3.05, 3.63) is 72.3 Å². The summed E-state index contributed by atoms with van der Waals surface area (Å²) >= 11 is 6.55. The van der Waals surface area contributed by atoms with Gasteiger partial charge in [0, 0.05) is 41.1 Å². The first-order chi connectivity index (χ1) is 17.5. The number of methoxy groups -OCH3 is 1. The lowest BCUT2D eigenvalue weighted by atomic mass is 10.1. The van der Waals surface area contributed by atoms with Gasteiger partial charge in [-0.05, 0) is 37.3 Å². The number of fused-ring (bicyclic) bond motifs is 1. The largest absolute Gasteiger partial charge is 0.497 e. The number of nitrogens with one attached hydrogen (secondary N) is 2. The highest BCUT2D eigenvalue weighted by Crippen LogP contribution is 2.32. The summed E-state index contributed by atoms with van der Waals surface area (Å²) in [5.41, 5.74) is 2.68. The predicted octanol–water partition coefficient (Wildman–Crippen LogP) is 4.55. The molecular formula is C25H21ClN6O4. The second-order valence-corrected chi connectivity index (χ2v) is 7.69. The van der Waals surface area contributed by atoms with E-state index in [1.165, 1.54) is 12.5 Å². The molecule has 0 spiro atoms. The van der Waals surface area contributed by atoms with Crippen molar-refractivity contribution in [3.63, 3.8) is 0 Å². The molecular weight excluding hydrogens is 484 g/mol. The van der Waals surface area contributed by atoms with Crippen LogP contribution in [0.4, 0.5) is 17.3 Å². The molecule has 4 rings (SSSR count). The summed E-state index contributed by atoms with van der Waals surface area (Å²) in [5, 5.41) is 6.93. The maximum absolute atomic E-state index is 12.1. The summed E-state index contributed by atoms with van der Waals surface area (Å²) in [6, 6.07) is 10.6. The molecule has 2 N–H and O–H groups in total. The molecule has 10 nitrogen and oxygen atoms in total. The lowest BCUT2D eigenvalue weighted by molar-refractivity contribution is -0.137. The quantitative estimate of drug-likeness (QED) is 0.262. The number of nitrogens with zero attached hydrogens (tertiary/aromatic N) is 4. The highest BCUT2D eigenvalue weighted by atomic mass is 35.5. The van der Waals surface area contributed by atoms with Crippen LogP contribution in [-0.4, -0.2) is 45.5 Å². The van der Waals surface area contributed by atoms with Gasteiger partial charge in [0.1, 0.15) is 23.7 Å². The molecule has 0 aliphatic carbocycles. The van der Waals surface area contributed by atoms with Gasteiger partial charge < -0.3 is 20.1 Å². The molecule has 0 fully saturated rings. The van der Waals surface area contributed by atoms with Gasteiger partial charge in [-0.1, -0.05) is 11.6 Å². The SMILES string of the molecule is CCOC(=O)C=CC(=O)Nc1cc2c(Nc3ccc(-c4cc(OC)ccn4)c(Cl)c3)ncnc2cn1. The van der Waals surface area contributed by atoms with Gasteiger partial charge >= 0.3 is 5.97 Å². The minimum absolute atomic E-state index is 0.221. The second-order valence-electron chi connectivity index (χ2n) is 7.28. The number of halogens is 1. The first kappa shape index (κ1) is 24.6. The zero-order chi connectivity index (χ0) is 25.5. The fraction of sp³-hybridized carbons (Fsp3) is 0.120. The Morgan fingerprint density at radius 3 is 2.69 bits per heavy atom. The zero-order valence-electron chi connectivity index (χ0n) is 19.4. The number of hydrogen-bond acceptors (Lipinski definition) is 9. The number of carbonyl (C=O) groups is 2. The molecule has 0 aliphatic heterocycles. The number of rotatable bonds is 8. The number of esters is 1. The Morgan fingerprint density at radius 1 is 1.06 bits per heavy atom. The number of hydrogen-bond donors (Lipinski definition) is 2. The van der Waals surface area contributed by atoms with Crippen molar-refractivity contribution >= 4 is 51.7 Å². The average molecular weight is 505 g/mol. The van der Waals surface area contributed by atoms with Gasteiger partial charge in [0.05, 0.1) is 36.1 Å². The maximum atomic E-state index is 12.1. The standard InChI is InChI=1S/C25H21ClN6O4/c1-3-36-24(34)7-6-23(33)32-22-12-18-21(13-28-22)29-14-30-25(18)31-15-4-5-17(19(26)10-15)20-11-16(35-2)8-9-27-20/h4-14H,3H2,1-2H3,(H,28,32,33)(H,29,30,31). The monoisotopic (exact) mass is 504 g/mol. The van der Waals surface area contributed by atoms with E-state index < -0.39 is 11.9 Å². The number of ether oxygens (including phenoxy) is 2. The molecule has 11 heteroatoms. The summed E-state index contributed by atoms with van der Waals surface area (Å²) < 4.78 is 10.0. The molecule has 0 radical (unpaired) electrons. The number of benzene rings is 1. The lowest BCUT2D eigenvalue weighted by Crippen LogP contribution is -2.11. The van der Waals surface area contributed by atoms with Crippen molar-refractivity contribution in [1.82, 2.24) is 19.9 Å². The van der Waals surface area contributed by atoms with Gasteiger partial charge in [0.2, 0.25) is 5.91 Å². The first-order valence-corrected chi connectivity index (χ1v) is 11.2. The fourth-order valence-electron chi connectivity index (χ4n) is 3.25. The van der Waals surface area contributed by atoms with Crippen molar-refractivity contribution in [1.29, 1.82) is 0 Å².